The molecule has 0 bridgehead atoms. The number of nitrogens with one attached hydrogen (secondary N) is 1. The Morgan fingerprint density at radius 2 is 2.44 bits per heavy atom. The fraction of sp³-hybridized carbons (Fsp3) is 0.615. The highest BCUT2D eigenvalue weighted by Crippen LogP contribution is 2.34. The average molecular weight is 331 g/mol. The molecule has 2 unspecified atom stereocenters. The van der Waals surface area contributed by atoms with E-state index in [-0.39, 0.29) is 11.4 Å². The molecular formula is C13H19BrN2OS. The summed E-state index contributed by atoms with van der Waals surface area (Å²) in [5.41, 5.74) is 5.72. The number of carbonyl (C=O) groups excluding carboxylic acids is 1. The van der Waals surface area contributed by atoms with Crippen molar-refractivity contribution in [3.8, 4) is 0 Å². The number of amides is 1. The van der Waals surface area contributed by atoms with E-state index < -0.39 is 0 Å². The van der Waals surface area contributed by atoms with Crippen molar-refractivity contribution in [1.29, 1.82) is 0 Å². The van der Waals surface area contributed by atoms with E-state index in [1.54, 1.807) is 0 Å². The maximum atomic E-state index is 12.3. The van der Waals surface area contributed by atoms with Crippen LogP contribution in [0.15, 0.2) is 15.9 Å². The van der Waals surface area contributed by atoms with Gasteiger partial charge in [0.2, 0.25) is 0 Å². The van der Waals surface area contributed by atoms with Gasteiger partial charge < -0.3 is 11.1 Å². The molecule has 0 aliphatic heterocycles. The van der Waals surface area contributed by atoms with Crippen molar-refractivity contribution in [2.75, 3.05) is 6.54 Å². The van der Waals surface area contributed by atoms with Crippen molar-refractivity contribution >= 4 is 33.2 Å². The van der Waals surface area contributed by atoms with Crippen molar-refractivity contribution in [3.63, 3.8) is 0 Å². The van der Waals surface area contributed by atoms with E-state index in [1.807, 2.05) is 11.4 Å². The van der Waals surface area contributed by atoms with Crippen LogP contribution in [0.1, 0.15) is 42.3 Å². The van der Waals surface area contributed by atoms with Gasteiger partial charge in [-0.2, -0.15) is 0 Å². The molecule has 1 heterocycles. The van der Waals surface area contributed by atoms with Gasteiger partial charge in [-0.1, -0.05) is 19.8 Å². The second-order valence-electron chi connectivity index (χ2n) is 5.06. The molecule has 0 radical (unpaired) electrons. The van der Waals surface area contributed by atoms with Crippen LogP contribution in [-0.2, 0) is 0 Å². The Bertz CT molecular complexity index is 434. The Balaban J connectivity index is 2.15. The van der Waals surface area contributed by atoms with E-state index in [2.05, 4.69) is 28.2 Å². The van der Waals surface area contributed by atoms with Crippen molar-refractivity contribution in [2.24, 2.45) is 11.7 Å². The lowest BCUT2D eigenvalue weighted by atomic mass is 9.73. The summed E-state index contributed by atoms with van der Waals surface area (Å²) in [6, 6.07) is 1.90. The summed E-state index contributed by atoms with van der Waals surface area (Å²) in [6.07, 6.45) is 4.51. The van der Waals surface area contributed by atoms with Gasteiger partial charge in [-0.15, -0.1) is 11.3 Å². The van der Waals surface area contributed by atoms with Crippen LogP contribution >= 0.6 is 27.3 Å². The second kappa shape index (κ2) is 5.72. The summed E-state index contributed by atoms with van der Waals surface area (Å²) in [6.45, 7) is 2.71. The number of nitrogens with two attached hydrogens (primary N) is 1. The van der Waals surface area contributed by atoms with Gasteiger partial charge in [0, 0.05) is 11.0 Å². The van der Waals surface area contributed by atoms with Gasteiger partial charge in [0.1, 0.15) is 4.88 Å². The average Bonchev–Trinajstić information content (AvgIpc) is 2.78. The molecule has 18 heavy (non-hydrogen) atoms. The maximum absolute atomic E-state index is 12.3. The van der Waals surface area contributed by atoms with Crippen molar-refractivity contribution < 1.29 is 4.79 Å². The van der Waals surface area contributed by atoms with Gasteiger partial charge in [-0.3, -0.25) is 4.79 Å². The minimum atomic E-state index is -0.223. The van der Waals surface area contributed by atoms with E-state index >= 15 is 0 Å². The first-order valence-electron chi connectivity index (χ1n) is 6.34. The van der Waals surface area contributed by atoms with Crippen molar-refractivity contribution in [2.45, 2.75) is 38.1 Å². The minimum Gasteiger partial charge on any atom is -0.344 e. The summed E-state index contributed by atoms with van der Waals surface area (Å²) in [5.74, 6) is 0.440. The zero-order valence-corrected chi connectivity index (χ0v) is 12.9. The molecule has 5 heteroatoms. The number of hydrogen-bond acceptors (Lipinski definition) is 3. The first-order valence-corrected chi connectivity index (χ1v) is 8.02. The third-order valence-corrected chi connectivity index (χ3v) is 5.84. The van der Waals surface area contributed by atoms with Crippen LogP contribution in [0.5, 0.6) is 0 Å². The number of rotatable bonds is 3. The quantitative estimate of drug-likeness (QED) is 0.894. The fourth-order valence-electron chi connectivity index (χ4n) is 2.69. The number of hydrogen-bond donors (Lipinski definition) is 2. The van der Waals surface area contributed by atoms with Crippen LogP contribution in [0.25, 0.3) is 0 Å². The van der Waals surface area contributed by atoms with Gasteiger partial charge in [-0.05, 0) is 46.1 Å². The minimum absolute atomic E-state index is 0.00363. The van der Waals surface area contributed by atoms with Crippen LogP contribution in [0.3, 0.4) is 0 Å². The van der Waals surface area contributed by atoms with Gasteiger partial charge in [-0.25, -0.2) is 0 Å². The lowest BCUT2D eigenvalue weighted by molar-refractivity contribution is 0.0816. The standard InChI is InChI=1S/C13H19BrN2OS/c1-9-4-2-3-6-13(9,8-15)16-12(17)11-10(14)5-7-18-11/h5,7,9H,2-4,6,8,15H2,1H3,(H,16,17). The molecule has 1 aliphatic carbocycles. The van der Waals surface area contributed by atoms with Crippen LogP contribution in [0, 0.1) is 5.92 Å². The zero-order valence-electron chi connectivity index (χ0n) is 10.5. The predicted octanol–water partition coefficient (Wildman–Crippen LogP) is 3.15. The highest BCUT2D eigenvalue weighted by Gasteiger charge is 2.38. The first kappa shape index (κ1) is 14.0. The smallest absolute Gasteiger partial charge is 0.262 e. The topological polar surface area (TPSA) is 55.1 Å². The Morgan fingerprint density at radius 1 is 1.67 bits per heavy atom. The predicted molar refractivity (Wildman–Crippen MR) is 78.9 cm³/mol. The Kier molecular flexibility index (Phi) is 4.45. The molecule has 0 saturated heterocycles. The van der Waals surface area contributed by atoms with Crippen LogP contribution in [0.4, 0.5) is 0 Å². The summed E-state index contributed by atoms with van der Waals surface area (Å²) < 4.78 is 0.862. The van der Waals surface area contributed by atoms with Gasteiger partial charge >= 0.3 is 0 Å². The number of carbonyl (C=O) groups is 1. The normalized spacial score (nSPS) is 28.1. The maximum Gasteiger partial charge on any atom is 0.262 e. The molecule has 1 amide bonds. The lowest BCUT2D eigenvalue weighted by Crippen LogP contribution is -2.59. The molecule has 1 saturated carbocycles. The van der Waals surface area contributed by atoms with E-state index in [1.165, 1.54) is 17.8 Å². The monoisotopic (exact) mass is 330 g/mol. The molecule has 0 spiro atoms. The number of halogens is 1. The third-order valence-electron chi connectivity index (χ3n) is 4.00. The Hall–Kier alpha value is -0.390. The molecule has 0 aromatic carbocycles. The highest BCUT2D eigenvalue weighted by molar-refractivity contribution is 9.10. The second-order valence-corrected chi connectivity index (χ2v) is 6.83. The molecule has 1 aromatic heterocycles. The van der Waals surface area contributed by atoms with Crippen LogP contribution < -0.4 is 11.1 Å². The highest BCUT2D eigenvalue weighted by atomic mass is 79.9. The Morgan fingerprint density at radius 3 is 3.00 bits per heavy atom. The third kappa shape index (κ3) is 2.63. The van der Waals surface area contributed by atoms with Gasteiger partial charge in [0.25, 0.3) is 5.91 Å². The first-order chi connectivity index (χ1) is 8.59. The number of thiophene rings is 1. The zero-order chi connectivity index (χ0) is 13.2. The van der Waals surface area contributed by atoms with Crippen molar-refractivity contribution in [1.82, 2.24) is 5.32 Å². The summed E-state index contributed by atoms with van der Waals surface area (Å²) in [4.78, 5) is 13.1. The van der Waals surface area contributed by atoms with Gasteiger partial charge in [0.15, 0.2) is 0 Å². The van der Waals surface area contributed by atoms with Gasteiger partial charge in [0.05, 0.1) is 5.54 Å². The molecule has 1 aliphatic rings. The van der Waals surface area contributed by atoms with Crippen LogP contribution in [0.2, 0.25) is 0 Å². The fourth-order valence-corrected chi connectivity index (χ4v) is 4.14. The van der Waals surface area contributed by atoms with E-state index in [0.717, 1.165) is 28.6 Å². The lowest BCUT2D eigenvalue weighted by Gasteiger charge is -2.42. The molecule has 3 N–H and O–H groups in total. The summed E-state index contributed by atoms with van der Waals surface area (Å²) in [5, 5.41) is 5.11. The Labute approximate surface area is 120 Å². The summed E-state index contributed by atoms with van der Waals surface area (Å²) in [7, 11) is 0. The van der Waals surface area contributed by atoms with Crippen molar-refractivity contribution in [3.05, 3.63) is 20.8 Å². The van der Waals surface area contributed by atoms with E-state index in [9.17, 15) is 4.79 Å². The van der Waals surface area contributed by atoms with E-state index in [0.29, 0.717) is 12.5 Å². The molecule has 100 valence electrons. The molecular weight excluding hydrogens is 312 g/mol. The largest absolute Gasteiger partial charge is 0.344 e. The molecule has 1 fully saturated rings. The molecule has 3 nitrogen and oxygen atoms in total. The molecule has 1 aromatic rings. The van der Waals surface area contributed by atoms with E-state index in [4.69, 9.17) is 5.73 Å². The summed E-state index contributed by atoms with van der Waals surface area (Å²) >= 11 is 4.86. The molecule has 2 atom stereocenters. The van der Waals surface area contributed by atoms with Crippen LogP contribution in [-0.4, -0.2) is 18.0 Å². The molecule has 2 rings (SSSR count). The SMILES string of the molecule is CC1CCCCC1(CN)NC(=O)c1sccc1Br.